The van der Waals surface area contributed by atoms with E-state index in [1.807, 2.05) is 48.5 Å². The van der Waals surface area contributed by atoms with Gasteiger partial charge in [-0.15, -0.1) is 0 Å². The van der Waals surface area contributed by atoms with Crippen LogP contribution in [0.1, 0.15) is 50.7 Å². The summed E-state index contributed by atoms with van der Waals surface area (Å²) in [6, 6.07) is 14.9. The lowest BCUT2D eigenvalue weighted by Crippen LogP contribution is -2.50. The summed E-state index contributed by atoms with van der Waals surface area (Å²) >= 11 is 0. The van der Waals surface area contributed by atoms with E-state index >= 15 is 0 Å². The fourth-order valence-corrected chi connectivity index (χ4v) is 3.99. The van der Waals surface area contributed by atoms with Gasteiger partial charge in [0.1, 0.15) is 17.5 Å². The largest absolute Gasteiger partial charge is 0.497 e. The third-order valence-corrected chi connectivity index (χ3v) is 6.05. The molecule has 6 heteroatoms. The lowest BCUT2D eigenvalue weighted by molar-refractivity contribution is -0.142. The lowest BCUT2D eigenvalue weighted by atomic mass is 10.1. The Hall–Kier alpha value is -3.02. The molecule has 2 amide bonds. The first-order valence-corrected chi connectivity index (χ1v) is 11.4. The monoisotopic (exact) mass is 438 g/mol. The minimum atomic E-state index is -0.611. The molecule has 1 saturated carbocycles. The van der Waals surface area contributed by atoms with Crippen LogP contribution in [0, 0.1) is 0 Å². The number of carbonyl (C=O) groups is 2. The van der Waals surface area contributed by atoms with Gasteiger partial charge in [0.25, 0.3) is 5.91 Å². The predicted octanol–water partition coefficient (Wildman–Crippen LogP) is 4.11. The molecule has 1 fully saturated rings. The predicted molar refractivity (Wildman–Crippen MR) is 125 cm³/mol. The second-order valence-electron chi connectivity index (χ2n) is 8.33. The van der Waals surface area contributed by atoms with Gasteiger partial charge in [0.15, 0.2) is 6.61 Å². The smallest absolute Gasteiger partial charge is 0.261 e. The summed E-state index contributed by atoms with van der Waals surface area (Å²) in [4.78, 5) is 27.7. The van der Waals surface area contributed by atoms with Gasteiger partial charge in [0.2, 0.25) is 5.91 Å². The van der Waals surface area contributed by atoms with Crippen molar-refractivity contribution in [3.63, 3.8) is 0 Å². The normalized spacial score (nSPS) is 14.6. The van der Waals surface area contributed by atoms with Crippen LogP contribution in [0.5, 0.6) is 11.5 Å². The fourth-order valence-electron chi connectivity index (χ4n) is 3.99. The van der Waals surface area contributed by atoms with Crippen LogP contribution in [0.2, 0.25) is 0 Å². The van der Waals surface area contributed by atoms with E-state index in [4.69, 9.17) is 9.47 Å². The zero-order valence-electron chi connectivity index (χ0n) is 19.3. The Kier molecular flexibility index (Phi) is 8.54. The van der Waals surface area contributed by atoms with Crippen LogP contribution in [-0.2, 0) is 22.6 Å². The molecular formula is C26H34N2O4. The molecule has 1 aliphatic rings. The highest BCUT2D eigenvalue weighted by molar-refractivity contribution is 5.88. The number of hydrogen-bond acceptors (Lipinski definition) is 4. The van der Waals surface area contributed by atoms with E-state index in [-0.39, 0.29) is 24.5 Å². The third kappa shape index (κ3) is 6.49. The van der Waals surface area contributed by atoms with Crippen LogP contribution in [-0.4, -0.2) is 42.5 Å². The molecule has 1 N–H and O–H groups in total. The molecule has 0 bridgehead atoms. The zero-order valence-corrected chi connectivity index (χ0v) is 19.3. The molecule has 2 aromatic carbocycles. The zero-order chi connectivity index (χ0) is 22.9. The first-order chi connectivity index (χ1) is 15.5. The molecular weight excluding hydrogens is 404 g/mol. The van der Waals surface area contributed by atoms with Crippen molar-refractivity contribution in [2.75, 3.05) is 13.7 Å². The van der Waals surface area contributed by atoms with E-state index in [1.165, 1.54) is 5.56 Å². The van der Waals surface area contributed by atoms with Crippen molar-refractivity contribution in [3.8, 4) is 11.5 Å². The van der Waals surface area contributed by atoms with Gasteiger partial charge < -0.3 is 19.7 Å². The van der Waals surface area contributed by atoms with Crippen LogP contribution in [0.4, 0.5) is 0 Å². The van der Waals surface area contributed by atoms with E-state index < -0.39 is 6.04 Å². The Bertz CT molecular complexity index is 891. The van der Waals surface area contributed by atoms with Crippen molar-refractivity contribution in [1.82, 2.24) is 10.2 Å². The number of ether oxygens (including phenoxy) is 2. The van der Waals surface area contributed by atoms with Crippen molar-refractivity contribution in [1.29, 1.82) is 0 Å². The molecule has 32 heavy (non-hydrogen) atoms. The number of aryl methyl sites for hydroxylation is 1. The quantitative estimate of drug-likeness (QED) is 0.606. The van der Waals surface area contributed by atoms with Gasteiger partial charge in [-0.2, -0.15) is 0 Å². The maximum absolute atomic E-state index is 13.2. The van der Waals surface area contributed by atoms with E-state index in [0.717, 1.165) is 37.7 Å². The molecule has 172 valence electrons. The van der Waals surface area contributed by atoms with Gasteiger partial charge in [-0.1, -0.05) is 44.0 Å². The number of amides is 2. The highest BCUT2D eigenvalue weighted by Gasteiger charge is 2.28. The van der Waals surface area contributed by atoms with Crippen LogP contribution < -0.4 is 14.8 Å². The Morgan fingerprint density at radius 2 is 1.78 bits per heavy atom. The van der Waals surface area contributed by atoms with Crippen LogP contribution in [0.15, 0.2) is 48.5 Å². The molecule has 1 atom stereocenters. The van der Waals surface area contributed by atoms with Crippen molar-refractivity contribution in [2.24, 2.45) is 0 Å². The van der Waals surface area contributed by atoms with Gasteiger partial charge >= 0.3 is 0 Å². The standard InChI is InChI=1S/C26H34N2O4/c1-4-20-12-14-23(15-13-20)32-18-25(29)28(17-21-8-7-11-24(16-21)31-3)19(2)26(30)27-22-9-5-6-10-22/h7-8,11-16,19,22H,4-6,9-10,17-18H2,1-3H3,(H,27,30)/t19-/m0/s1. The summed E-state index contributed by atoms with van der Waals surface area (Å²) in [6.07, 6.45) is 5.21. The molecule has 1 aliphatic carbocycles. The van der Waals surface area contributed by atoms with E-state index in [1.54, 1.807) is 18.9 Å². The molecule has 0 aliphatic heterocycles. The molecule has 0 aromatic heterocycles. The number of carbonyl (C=O) groups excluding carboxylic acids is 2. The Balaban J connectivity index is 1.71. The molecule has 2 aromatic rings. The first kappa shape index (κ1) is 23.6. The number of hydrogen-bond donors (Lipinski definition) is 1. The van der Waals surface area contributed by atoms with Crippen molar-refractivity contribution in [3.05, 3.63) is 59.7 Å². The average Bonchev–Trinajstić information content (AvgIpc) is 3.34. The summed E-state index contributed by atoms with van der Waals surface area (Å²) in [5, 5.41) is 3.11. The summed E-state index contributed by atoms with van der Waals surface area (Å²) in [5.74, 6) is 0.993. The van der Waals surface area contributed by atoms with E-state index in [9.17, 15) is 9.59 Å². The van der Waals surface area contributed by atoms with Gasteiger partial charge in [0, 0.05) is 12.6 Å². The Morgan fingerprint density at radius 1 is 1.06 bits per heavy atom. The highest BCUT2D eigenvalue weighted by atomic mass is 16.5. The maximum Gasteiger partial charge on any atom is 0.261 e. The van der Waals surface area contributed by atoms with Crippen molar-refractivity contribution in [2.45, 2.75) is 64.6 Å². The van der Waals surface area contributed by atoms with Gasteiger partial charge in [0.05, 0.1) is 7.11 Å². The number of nitrogens with one attached hydrogen (secondary N) is 1. The van der Waals surface area contributed by atoms with Crippen LogP contribution >= 0.6 is 0 Å². The molecule has 0 spiro atoms. The second kappa shape index (κ2) is 11.6. The SMILES string of the molecule is CCc1ccc(OCC(=O)N(Cc2cccc(OC)c2)[C@@H](C)C(=O)NC2CCCC2)cc1. The molecule has 0 saturated heterocycles. The molecule has 0 unspecified atom stereocenters. The van der Waals surface area contributed by atoms with Crippen LogP contribution in [0.3, 0.4) is 0 Å². The topological polar surface area (TPSA) is 67.9 Å². The Labute approximate surface area is 190 Å². The number of methoxy groups -OCH3 is 1. The molecule has 3 rings (SSSR count). The Morgan fingerprint density at radius 3 is 2.44 bits per heavy atom. The molecule has 0 radical (unpaired) electrons. The van der Waals surface area contributed by atoms with Gasteiger partial charge in [-0.3, -0.25) is 9.59 Å². The maximum atomic E-state index is 13.2. The van der Waals surface area contributed by atoms with Crippen molar-refractivity contribution >= 4 is 11.8 Å². The van der Waals surface area contributed by atoms with E-state index in [0.29, 0.717) is 18.0 Å². The minimum absolute atomic E-state index is 0.125. The fraction of sp³-hybridized carbons (Fsp3) is 0.462. The summed E-state index contributed by atoms with van der Waals surface area (Å²) < 4.78 is 11.1. The summed E-state index contributed by atoms with van der Waals surface area (Å²) in [5.41, 5.74) is 2.10. The molecule has 0 heterocycles. The van der Waals surface area contributed by atoms with Gasteiger partial charge in [-0.25, -0.2) is 0 Å². The second-order valence-corrected chi connectivity index (χ2v) is 8.33. The highest BCUT2D eigenvalue weighted by Crippen LogP contribution is 2.20. The lowest BCUT2D eigenvalue weighted by Gasteiger charge is -2.29. The van der Waals surface area contributed by atoms with Crippen LogP contribution in [0.25, 0.3) is 0 Å². The summed E-state index contributed by atoms with van der Waals surface area (Å²) in [7, 11) is 1.61. The minimum Gasteiger partial charge on any atom is -0.497 e. The number of benzene rings is 2. The number of rotatable bonds is 10. The third-order valence-electron chi connectivity index (χ3n) is 6.05. The average molecular weight is 439 g/mol. The summed E-state index contributed by atoms with van der Waals surface area (Å²) in [6.45, 7) is 4.04. The van der Waals surface area contributed by atoms with Crippen molar-refractivity contribution < 1.29 is 19.1 Å². The first-order valence-electron chi connectivity index (χ1n) is 11.4. The molecule has 6 nitrogen and oxygen atoms in total. The van der Waals surface area contributed by atoms with Gasteiger partial charge in [-0.05, 0) is 61.6 Å². The number of nitrogens with zero attached hydrogens (tertiary/aromatic N) is 1. The van der Waals surface area contributed by atoms with E-state index in [2.05, 4.69) is 12.2 Å².